The van der Waals surface area contributed by atoms with Crippen LogP contribution < -0.4 is 10.2 Å². The van der Waals surface area contributed by atoms with Gasteiger partial charge < -0.3 is 19.9 Å². The van der Waals surface area contributed by atoms with Crippen molar-refractivity contribution in [3.05, 3.63) is 36.2 Å². The standard InChI is InChI=1S/C25H29F2N7O3/c1-32(2)24(36)19(35)13-15-11-16(12-15)28-20-14-21(31-25(30-20)33-7-9-37-10-8-33)34-18-6-4-3-5-17(18)29-23(34)22(26)27/h3-6,14-16,22H,7-13H2,1-2H3,(H,28,30,31). The van der Waals surface area contributed by atoms with Gasteiger partial charge in [0.1, 0.15) is 11.6 Å². The molecule has 0 spiro atoms. The molecule has 1 saturated heterocycles. The van der Waals surface area contributed by atoms with Gasteiger partial charge in [-0.05, 0) is 30.9 Å². The summed E-state index contributed by atoms with van der Waals surface area (Å²) in [5, 5.41) is 3.38. The Morgan fingerprint density at radius 3 is 2.57 bits per heavy atom. The summed E-state index contributed by atoms with van der Waals surface area (Å²) < 4.78 is 34.8. The van der Waals surface area contributed by atoms with E-state index in [1.807, 2.05) is 4.90 Å². The highest BCUT2D eigenvalue weighted by molar-refractivity contribution is 6.35. The number of ether oxygens (including phenoxy) is 1. The van der Waals surface area contributed by atoms with Gasteiger partial charge in [0.25, 0.3) is 12.3 Å². The van der Waals surface area contributed by atoms with Gasteiger partial charge >= 0.3 is 0 Å². The lowest BCUT2D eigenvalue weighted by Crippen LogP contribution is -2.40. The van der Waals surface area contributed by atoms with E-state index in [0.29, 0.717) is 67.8 Å². The highest BCUT2D eigenvalue weighted by Gasteiger charge is 2.33. The molecule has 196 valence electrons. The Bertz CT molecular complexity index is 1300. The van der Waals surface area contributed by atoms with Gasteiger partial charge in [0.2, 0.25) is 11.7 Å². The maximum atomic E-state index is 14.0. The molecule has 10 nitrogen and oxygen atoms in total. The number of rotatable bonds is 8. The molecule has 3 aromatic rings. The number of benzene rings is 1. The fourth-order valence-corrected chi connectivity index (χ4v) is 4.78. The van der Waals surface area contributed by atoms with Gasteiger partial charge in [0.15, 0.2) is 5.82 Å². The second-order valence-electron chi connectivity index (χ2n) is 9.61. The number of hydrogen-bond acceptors (Lipinski definition) is 8. The molecule has 0 radical (unpaired) electrons. The number of Topliss-reactive ketones (excluding diaryl/α,β-unsaturated/α-hetero) is 1. The molecule has 1 saturated carbocycles. The average Bonchev–Trinajstić information content (AvgIpc) is 3.27. The number of alkyl halides is 2. The SMILES string of the molecule is CN(C)C(=O)C(=O)CC1CC(Nc2cc(-n3c(C(F)F)nc4ccccc43)nc(N3CCOCC3)n2)C1. The number of para-hydroxylation sites is 2. The van der Waals surface area contributed by atoms with Crippen molar-refractivity contribution in [2.24, 2.45) is 5.92 Å². The normalized spacial score (nSPS) is 19.6. The zero-order valence-electron chi connectivity index (χ0n) is 20.7. The third-order valence-electron chi connectivity index (χ3n) is 6.71. The number of morpholine rings is 1. The number of hydrogen-bond donors (Lipinski definition) is 1. The van der Waals surface area contributed by atoms with E-state index in [-0.39, 0.29) is 30.0 Å². The van der Waals surface area contributed by atoms with Gasteiger partial charge in [-0.2, -0.15) is 9.97 Å². The molecule has 2 aliphatic rings. The number of fused-ring (bicyclic) bond motifs is 1. The van der Waals surface area contributed by atoms with E-state index < -0.39 is 12.3 Å². The largest absolute Gasteiger partial charge is 0.378 e. The summed E-state index contributed by atoms with van der Waals surface area (Å²) in [6.07, 6.45) is -1.17. The molecular formula is C25H29F2N7O3. The number of halogens is 2. The van der Waals surface area contributed by atoms with Crippen molar-refractivity contribution in [1.82, 2.24) is 24.4 Å². The summed E-state index contributed by atoms with van der Waals surface area (Å²) in [4.78, 5) is 40.7. The Balaban J connectivity index is 1.42. The maximum Gasteiger partial charge on any atom is 0.296 e. The third kappa shape index (κ3) is 5.24. The lowest BCUT2D eigenvalue weighted by Gasteiger charge is -2.36. The Morgan fingerprint density at radius 1 is 1.14 bits per heavy atom. The van der Waals surface area contributed by atoms with E-state index in [9.17, 15) is 18.4 Å². The van der Waals surface area contributed by atoms with Crippen molar-refractivity contribution in [1.29, 1.82) is 0 Å². The first kappa shape index (κ1) is 25.0. The van der Waals surface area contributed by atoms with Crippen LogP contribution in [0.4, 0.5) is 20.5 Å². The van der Waals surface area contributed by atoms with Crippen molar-refractivity contribution >= 4 is 34.5 Å². The molecule has 5 rings (SSSR count). The monoisotopic (exact) mass is 513 g/mol. The number of carbonyl (C=O) groups excluding carboxylic acids is 2. The zero-order chi connectivity index (χ0) is 26.1. The topological polar surface area (TPSA) is 105 Å². The van der Waals surface area contributed by atoms with Crippen LogP contribution >= 0.6 is 0 Å². The molecule has 12 heteroatoms. The van der Waals surface area contributed by atoms with Crippen LogP contribution in [0.5, 0.6) is 0 Å². The first-order valence-corrected chi connectivity index (χ1v) is 12.3. The first-order chi connectivity index (χ1) is 17.8. The van der Waals surface area contributed by atoms with E-state index in [2.05, 4.69) is 20.3 Å². The number of imidazole rings is 1. The molecule has 1 aliphatic carbocycles. The van der Waals surface area contributed by atoms with E-state index >= 15 is 0 Å². The second-order valence-corrected chi connectivity index (χ2v) is 9.61. The average molecular weight is 514 g/mol. The van der Waals surface area contributed by atoms with Crippen LogP contribution in [0.1, 0.15) is 31.5 Å². The lowest BCUT2D eigenvalue weighted by atomic mass is 9.77. The van der Waals surface area contributed by atoms with Gasteiger partial charge in [0.05, 0.1) is 24.2 Å². The molecule has 1 aliphatic heterocycles. The van der Waals surface area contributed by atoms with Gasteiger partial charge in [-0.1, -0.05) is 12.1 Å². The minimum atomic E-state index is -2.79. The molecule has 1 N–H and O–H groups in total. The summed E-state index contributed by atoms with van der Waals surface area (Å²) in [6.45, 7) is 2.22. The fourth-order valence-electron chi connectivity index (χ4n) is 4.78. The quantitative estimate of drug-likeness (QED) is 0.459. The van der Waals surface area contributed by atoms with Crippen LogP contribution in [0.3, 0.4) is 0 Å². The van der Waals surface area contributed by atoms with Crippen molar-refractivity contribution in [3.63, 3.8) is 0 Å². The van der Waals surface area contributed by atoms with Crippen LogP contribution in [0.25, 0.3) is 16.9 Å². The number of nitrogens with one attached hydrogen (secondary N) is 1. The Morgan fingerprint density at radius 2 is 1.86 bits per heavy atom. The molecule has 2 aromatic heterocycles. The zero-order valence-corrected chi connectivity index (χ0v) is 20.7. The van der Waals surface area contributed by atoms with Gasteiger partial charge in [-0.15, -0.1) is 0 Å². The van der Waals surface area contributed by atoms with Crippen molar-refractivity contribution < 1.29 is 23.1 Å². The summed E-state index contributed by atoms with van der Waals surface area (Å²) in [6, 6.07) is 8.65. The van der Waals surface area contributed by atoms with Crippen LogP contribution in [-0.4, -0.2) is 82.5 Å². The highest BCUT2D eigenvalue weighted by Crippen LogP contribution is 2.34. The fraction of sp³-hybridized carbons (Fsp3) is 0.480. The predicted molar refractivity (Wildman–Crippen MR) is 133 cm³/mol. The van der Waals surface area contributed by atoms with Crippen LogP contribution in [0.15, 0.2) is 30.3 Å². The predicted octanol–water partition coefficient (Wildman–Crippen LogP) is 2.83. The van der Waals surface area contributed by atoms with Crippen molar-refractivity contribution in [2.75, 3.05) is 50.6 Å². The first-order valence-electron chi connectivity index (χ1n) is 12.3. The molecule has 37 heavy (non-hydrogen) atoms. The van der Waals surface area contributed by atoms with Gasteiger partial charge in [-0.25, -0.2) is 13.8 Å². The minimum absolute atomic E-state index is 0.0432. The maximum absolute atomic E-state index is 14.0. The van der Waals surface area contributed by atoms with Crippen LogP contribution in [0.2, 0.25) is 0 Å². The Kier molecular flexibility index (Phi) is 7.00. The lowest BCUT2D eigenvalue weighted by molar-refractivity contribution is -0.143. The molecule has 0 atom stereocenters. The van der Waals surface area contributed by atoms with E-state index in [0.717, 1.165) is 0 Å². The smallest absolute Gasteiger partial charge is 0.296 e. The Labute approximate surface area is 212 Å². The second kappa shape index (κ2) is 10.4. The number of ketones is 1. The molecular weight excluding hydrogens is 484 g/mol. The number of carbonyl (C=O) groups is 2. The Hall–Kier alpha value is -3.67. The van der Waals surface area contributed by atoms with E-state index in [4.69, 9.17) is 4.74 Å². The third-order valence-corrected chi connectivity index (χ3v) is 6.71. The number of nitrogens with zero attached hydrogens (tertiary/aromatic N) is 6. The summed E-state index contributed by atoms with van der Waals surface area (Å²) >= 11 is 0. The summed E-state index contributed by atoms with van der Waals surface area (Å²) in [7, 11) is 3.13. The molecule has 1 amide bonds. The van der Waals surface area contributed by atoms with Gasteiger partial charge in [-0.3, -0.25) is 14.2 Å². The minimum Gasteiger partial charge on any atom is -0.378 e. The number of anilines is 2. The summed E-state index contributed by atoms with van der Waals surface area (Å²) in [5.74, 6) is 0.0648. The van der Waals surface area contributed by atoms with Crippen molar-refractivity contribution in [3.8, 4) is 5.82 Å². The molecule has 3 heterocycles. The summed E-state index contributed by atoms with van der Waals surface area (Å²) in [5.41, 5.74) is 0.987. The van der Waals surface area contributed by atoms with E-state index in [1.165, 1.54) is 9.47 Å². The molecule has 0 bridgehead atoms. The number of aromatic nitrogens is 4. The van der Waals surface area contributed by atoms with Crippen molar-refractivity contribution in [2.45, 2.75) is 31.7 Å². The van der Waals surface area contributed by atoms with Crippen LogP contribution in [-0.2, 0) is 14.3 Å². The molecule has 2 fully saturated rings. The van der Waals surface area contributed by atoms with Gasteiger partial charge in [0, 0.05) is 45.7 Å². The molecule has 1 aromatic carbocycles. The molecule has 0 unspecified atom stereocenters. The number of likely N-dealkylation sites (N-methyl/N-ethyl adjacent to an activating group) is 1. The van der Waals surface area contributed by atoms with E-state index in [1.54, 1.807) is 44.4 Å². The highest BCUT2D eigenvalue weighted by atomic mass is 19.3. The van der Waals surface area contributed by atoms with Crippen LogP contribution in [0, 0.1) is 5.92 Å². The number of amides is 1.